The number of aryl methyl sites for hydroxylation is 1. The summed E-state index contributed by atoms with van der Waals surface area (Å²) in [6.07, 6.45) is 0.820. The number of nitrogens with zero attached hydrogens (tertiary/aromatic N) is 3. The van der Waals surface area contributed by atoms with Gasteiger partial charge in [-0.2, -0.15) is 0 Å². The number of carbonyl (C=O) groups excluding carboxylic acids is 2. The third-order valence-electron chi connectivity index (χ3n) is 6.99. The summed E-state index contributed by atoms with van der Waals surface area (Å²) in [5.74, 6) is 0.340. The zero-order valence-electron chi connectivity index (χ0n) is 23.6. The molecule has 0 aliphatic carbocycles. The summed E-state index contributed by atoms with van der Waals surface area (Å²) in [6.45, 7) is 5.36. The number of aliphatic hydroxyl groups excluding tert-OH is 1. The molecule has 9 nitrogen and oxygen atoms in total. The lowest BCUT2D eigenvalue weighted by Crippen LogP contribution is -2.29. The molecule has 0 saturated carbocycles. The van der Waals surface area contributed by atoms with E-state index in [2.05, 4.69) is 34.5 Å². The van der Waals surface area contributed by atoms with E-state index in [0.717, 1.165) is 12.0 Å². The van der Waals surface area contributed by atoms with Crippen LogP contribution in [0, 0.1) is 6.92 Å². The number of benzene rings is 3. The molecule has 3 aromatic carbocycles. The summed E-state index contributed by atoms with van der Waals surface area (Å²) < 4.78 is 17.8. The Kier molecular flexibility index (Phi) is 8.35. The van der Waals surface area contributed by atoms with Crippen molar-refractivity contribution >= 4 is 45.7 Å². The van der Waals surface area contributed by atoms with E-state index in [9.17, 15) is 14.7 Å². The van der Waals surface area contributed by atoms with E-state index in [1.165, 1.54) is 33.6 Å². The average Bonchev–Trinajstić information content (AvgIpc) is 3.61. The number of hydrogen-bond acceptors (Lipinski definition) is 10. The monoisotopic (exact) mass is 615 g/mol. The third kappa shape index (κ3) is 5.95. The molecule has 1 amide bonds. The number of rotatable bonds is 9. The van der Waals surface area contributed by atoms with Gasteiger partial charge in [-0.05, 0) is 54.8 Å². The van der Waals surface area contributed by atoms with E-state index in [1.807, 2.05) is 19.9 Å². The number of fused-ring (bicyclic) bond motifs is 1. The van der Waals surface area contributed by atoms with Crippen molar-refractivity contribution in [3.05, 3.63) is 94.6 Å². The van der Waals surface area contributed by atoms with Crippen LogP contribution in [0.2, 0.25) is 0 Å². The normalized spacial score (nSPS) is 17.3. The first kappa shape index (κ1) is 28.8. The average molecular weight is 616 g/mol. The molecule has 1 aromatic heterocycles. The van der Waals surface area contributed by atoms with Crippen molar-refractivity contribution in [1.29, 1.82) is 0 Å². The number of thioether (sulfide) groups is 1. The molecule has 2 aliphatic heterocycles. The molecule has 1 N–H and O–H groups in total. The second-order valence-corrected chi connectivity index (χ2v) is 12.3. The van der Waals surface area contributed by atoms with E-state index < -0.39 is 17.7 Å². The minimum atomic E-state index is -0.957. The molecule has 220 valence electrons. The number of aliphatic hydroxyl groups is 1. The van der Waals surface area contributed by atoms with Gasteiger partial charge >= 0.3 is 5.91 Å². The van der Waals surface area contributed by atoms with Crippen molar-refractivity contribution in [3.8, 4) is 17.2 Å². The molecule has 3 heterocycles. The number of amides is 1. The highest BCUT2D eigenvalue weighted by Crippen LogP contribution is 2.45. The molecule has 0 unspecified atom stereocenters. The molecule has 1 saturated heterocycles. The van der Waals surface area contributed by atoms with Crippen LogP contribution in [0.4, 0.5) is 5.13 Å². The van der Waals surface area contributed by atoms with Crippen molar-refractivity contribution in [2.24, 2.45) is 0 Å². The lowest BCUT2D eigenvalue weighted by Gasteiger charge is -2.23. The van der Waals surface area contributed by atoms with E-state index in [1.54, 1.807) is 36.4 Å². The van der Waals surface area contributed by atoms with Gasteiger partial charge in [-0.3, -0.25) is 14.5 Å². The van der Waals surface area contributed by atoms with E-state index in [-0.39, 0.29) is 16.5 Å². The van der Waals surface area contributed by atoms with Crippen LogP contribution in [-0.4, -0.2) is 46.8 Å². The maximum absolute atomic E-state index is 13.6. The van der Waals surface area contributed by atoms with E-state index in [4.69, 9.17) is 14.2 Å². The Morgan fingerprint density at radius 1 is 1.05 bits per heavy atom. The molecule has 0 radical (unpaired) electrons. The summed E-state index contributed by atoms with van der Waals surface area (Å²) in [5.41, 5.74) is 3.19. The summed E-state index contributed by atoms with van der Waals surface area (Å²) in [7, 11) is 0. The molecule has 6 rings (SSSR count). The maximum Gasteiger partial charge on any atom is 0.301 e. The van der Waals surface area contributed by atoms with Crippen molar-refractivity contribution in [1.82, 2.24) is 10.2 Å². The molecule has 0 spiro atoms. The first-order chi connectivity index (χ1) is 20.9. The topological polar surface area (TPSA) is 111 Å². The Morgan fingerprint density at radius 3 is 2.63 bits per heavy atom. The lowest BCUT2D eigenvalue weighted by atomic mass is 9.95. The number of hydrogen-bond donors (Lipinski definition) is 1. The van der Waals surface area contributed by atoms with Gasteiger partial charge in [-0.15, -0.1) is 10.2 Å². The molecule has 11 heteroatoms. The zero-order chi connectivity index (χ0) is 29.9. The number of aromatic nitrogens is 2. The molecule has 2 aliphatic rings. The smallest absolute Gasteiger partial charge is 0.301 e. The van der Waals surface area contributed by atoms with Gasteiger partial charge in [0.25, 0.3) is 5.78 Å². The van der Waals surface area contributed by atoms with Crippen LogP contribution in [0.15, 0.2) is 76.6 Å². The SMILES string of the molecule is CCCOc1cccc([C@H]2/C(=C(\O)c3ccc4c(c3)OCCO4)C(=O)C(=O)N2c2nnc(SCc3ccc(C)cc3)s2)c1. The quantitative estimate of drug-likeness (QED) is 0.0760. The molecular weight excluding hydrogens is 587 g/mol. The summed E-state index contributed by atoms with van der Waals surface area (Å²) >= 11 is 2.73. The number of anilines is 1. The first-order valence-electron chi connectivity index (χ1n) is 13.9. The van der Waals surface area contributed by atoms with Crippen LogP contribution >= 0.6 is 23.1 Å². The highest BCUT2D eigenvalue weighted by molar-refractivity contribution is 8.00. The number of Topliss-reactive ketones (excluding diaryl/α,β-unsaturated/α-hetero) is 1. The molecular formula is C32H29N3O6S2. The van der Waals surface area contributed by atoms with Crippen molar-refractivity contribution in [3.63, 3.8) is 0 Å². The predicted molar refractivity (Wildman–Crippen MR) is 165 cm³/mol. The van der Waals surface area contributed by atoms with Crippen molar-refractivity contribution in [2.75, 3.05) is 24.7 Å². The lowest BCUT2D eigenvalue weighted by molar-refractivity contribution is -0.132. The summed E-state index contributed by atoms with van der Waals surface area (Å²) in [4.78, 5) is 28.6. The van der Waals surface area contributed by atoms with E-state index >= 15 is 0 Å². The molecule has 0 bridgehead atoms. The number of ketones is 1. The second-order valence-electron chi connectivity index (χ2n) is 10.1. The Labute approximate surface area is 257 Å². The highest BCUT2D eigenvalue weighted by Gasteiger charge is 2.48. The molecule has 1 atom stereocenters. The van der Waals surface area contributed by atoms with Crippen LogP contribution in [0.1, 0.15) is 41.6 Å². The van der Waals surface area contributed by atoms with Gasteiger partial charge in [0.1, 0.15) is 24.7 Å². The largest absolute Gasteiger partial charge is 0.507 e. The second kappa shape index (κ2) is 12.5. The fourth-order valence-corrected chi connectivity index (χ4v) is 6.70. The molecule has 43 heavy (non-hydrogen) atoms. The Bertz CT molecular complexity index is 1700. The third-order valence-corrected chi connectivity index (χ3v) is 9.12. The Balaban J connectivity index is 1.39. The van der Waals surface area contributed by atoms with Gasteiger partial charge in [-0.1, -0.05) is 72.0 Å². The predicted octanol–water partition coefficient (Wildman–Crippen LogP) is 6.33. The standard InChI is InChI=1S/C32H29N3O6S2/c1-3-13-39-23-6-4-5-21(16-23)27-26(28(36)22-11-12-24-25(17-22)41-15-14-40-24)29(37)30(38)35(27)31-33-34-32(43-31)42-18-20-9-7-19(2)8-10-20/h4-12,16-17,27,36H,3,13-15,18H2,1-2H3/b28-26+/t27-/m0/s1. The molecule has 4 aromatic rings. The first-order valence-corrected chi connectivity index (χ1v) is 15.7. The minimum Gasteiger partial charge on any atom is -0.507 e. The van der Waals surface area contributed by atoms with Gasteiger partial charge < -0.3 is 19.3 Å². The Hall–Kier alpha value is -4.35. The van der Waals surface area contributed by atoms with Crippen molar-refractivity contribution in [2.45, 2.75) is 36.4 Å². The molecule has 1 fully saturated rings. The van der Waals surface area contributed by atoms with Crippen LogP contribution in [-0.2, 0) is 15.3 Å². The summed E-state index contributed by atoms with van der Waals surface area (Å²) in [5, 5.41) is 20.4. The van der Waals surface area contributed by atoms with Gasteiger partial charge in [0, 0.05) is 11.3 Å². The minimum absolute atomic E-state index is 0.0571. The van der Waals surface area contributed by atoms with Crippen LogP contribution < -0.4 is 19.1 Å². The van der Waals surface area contributed by atoms with Crippen molar-refractivity contribution < 1.29 is 28.9 Å². The van der Waals surface area contributed by atoms with Gasteiger partial charge in [-0.25, -0.2) is 0 Å². The van der Waals surface area contributed by atoms with Crippen LogP contribution in [0.25, 0.3) is 5.76 Å². The fraction of sp³-hybridized carbons (Fsp3) is 0.250. The number of carbonyl (C=O) groups is 2. The van der Waals surface area contributed by atoms with Crippen LogP contribution in [0.3, 0.4) is 0 Å². The van der Waals surface area contributed by atoms with E-state index in [0.29, 0.717) is 58.3 Å². The highest BCUT2D eigenvalue weighted by atomic mass is 32.2. The maximum atomic E-state index is 13.6. The van der Waals surface area contributed by atoms with Gasteiger partial charge in [0.15, 0.2) is 15.8 Å². The fourth-order valence-electron chi connectivity index (χ4n) is 4.87. The summed E-state index contributed by atoms with van der Waals surface area (Å²) in [6, 6.07) is 19.4. The Morgan fingerprint density at radius 2 is 1.84 bits per heavy atom. The zero-order valence-corrected chi connectivity index (χ0v) is 25.2. The van der Waals surface area contributed by atoms with Crippen LogP contribution in [0.5, 0.6) is 17.2 Å². The number of ether oxygens (including phenoxy) is 3. The van der Waals surface area contributed by atoms with Gasteiger partial charge in [0.2, 0.25) is 5.13 Å². The van der Waals surface area contributed by atoms with Gasteiger partial charge in [0.05, 0.1) is 18.2 Å².